The molecular weight excluding hydrogens is 332 g/mol. The molecule has 3 rings (SSSR count). The highest BCUT2D eigenvalue weighted by atomic mass is 16.5. The predicted molar refractivity (Wildman–Crippen MR) is 97.5 cm³/mol. The molecule has 1 aliphatic rings. The Morgan fingerprint density at radius 3 is 3.15 bits per heavy atom. The molecule has 0 radical (unpaired) electrons. The van der Waals surface area contributed by atoms with E-state index in [1.165, 1.54) is 0 Å². The Balaban J connectivity index is 1.54. The lowest BCUT2D eigenvalue weighted by atomic mass is 9.93. The third kappa shape index (κ3) is 4.83. The monoisotopic (exact) mass is 358 g/mol. The number of hydrogen-bond acceptors (Lipinski definition) is 5. The van der Waals surface area contributed by atoms with Gasteiger partial charge in [0.2, 0.25) is 0 Å². The lowest BCUT2D eigenvalue weighted by Crippen LogP contribution is -2.33. The van der Waals surface area contributed by atoms with Crippen molar-refractivity contribution in [2.24, 2.45) is 18.7 Å². The molecule has 7 heteroatoms. The van der Waals surface area contributed by atoms with Crippen molar-refractivity contribution in [3.8, 4) is 5.75 Å². The number of nitrogens with two attached hydrogens (primary N) is 1. The zero-order valence-corrected chi connectivity index (χ0v) is 15.1. The van der Waals surface area contributed by atoms with Crippen LogP contribution in [0.2, 0.25) is 0 Å². The first-order valence-electron chi connectivity index (χ1n) is 8.93. The summed E-state index contributed by atoms with van der Waals surface area (Å²) in [7, 11) is 2.00. The first-order chi connectivity index (χ1) is 12.6. The summed E-state index contributed by atoms with van der Waals surface area (Å²) in [4.78, 5) is 15.3. The highest BCUT2D eigenvalue weighted by Crippen LogP contribution is 2.32. The molecule has 1 aliphatic heterocycles. The van der Waals surface area contributed by atoms with Gasteiger partial charge in [0.1, 0.15) is 17.7 Å². The minimum Gasteiger partial charge on any atom is -0.484 e. The Hall–Kier alpha value is -2.38. The number of benzene rings is 1. The van der Waals surface area contributed by atoms with E-state index in [1.54, 1.807) is 0 Å². The van der Waals surface area contributed by atoms with Gasteiger partial charge >= 0.3 is 0 Å². The van der Waals surface area contributed by atoms with Crippen LogP contribution in [0.5, 0.6) is 5.75 Å². The van der Waals surface area contributed by atoms with Gasteiger partial charge in [0.15, 0.2) is 6.61 Å². The van der Waals surface area contributed by atoms with E-state index in [0.717, 1.165) is 43.9 Å². The number of amides is 1. The fraction of sp³-hybridized carbons (Fsp3) is 0.474. The lowest BCUT2D eigenvalue weighted by molar-refractivity contribution is -0.119. The highest BCUT2D eigenvalue weighted by Gasteiger charge is 2.29. The zero-order valence-electron chi connectivity index (χ0n) is 15.1. The van der Waals surface area contributed by atoms with Gasteiger partial charge in [0, 0.05) is 45.1 Å². The third-order valence-electron chi connectivity index (χ3n) is 4.57. The first-order valence-corrected chi connectivity index (χ1v) is 8.93. The maximum absolute atomic E-state index is 10.8. The Labute approximate surface area is 153 Å². The van der Waals surface area contributed by atoms with Crippen LogP contribution in [-0.4, -0.2) is 35.2 Å². The number of aromatic nitrogens is 2. The van der Waals surface area contributed by atoms with E-state index < -0.39 is 5.91 Å². The van der Waals surface area contributed by atoms with Crippen LogP contribution in [0.15, 0.2) is 36.7 Å². The average Bonchev–Trinajstić information content (AvgIpc) is 3.07. The number of primary amides is 1. The molecule has 2 atom stereocenters. The lowest BCUT2D eigenvalue weighted by Gasteiger charge is -2.31. The maximum Gasteiger partial charge on any atom is 0.255 e. The average molecular weight is 358 g/mol. The minimum absolute atomic E-state index is 0.0292. The molecule has 1 aromatic heterocycles. The van der Waals surface area contributed by atoms with Gasteiger partial charge in [-0.25, -0.2) is 4.98 Å². The van der Waals surface area contributed by atoms with Crippen molar-refractivity contribution in [3.05, 3.63) is 48.0 Å². The van der Waals surface area contributed by atoms with Crippen molar-refractivity contribution in [2.75, 3.05) is 19.8 Å². The number of carbonyl (C=O) groups excluding carboxylic acids is 1. The Morgan fingerprint density at radius 2 is 2.38 bits per heavy atom. The first kappa shape index (κ1) is 18.4. The van der Waals surface area contributed by atoms with Crippen molar-refractivity contribution in [2.45, 2.75) is 25.5 Å². The summed E-state index contributed by atoms with van der Waals surface area (Å²) in [5, 5.41) is 3.51. The van der Waals surface area contributed by atoms with Crippen molar-refractivity contribution >= 4 is 5.91 Å². The van der Waals surface area contributed by atoms with E-state index in [4.69, 9.17) is 15.2 Å². The number of hydrogen-bond donors (Lipinski definition) is 2. The Kier molecular flexibility index (Phi) is 6.25. The van der Waals surface area contributed by atoms with Crippen molar-refractivity contribution in [3.63, 3.8) is 0 Å². The second-order valence-corrected chi connectivity index (χ2v) is 6.62. The fourth-order valence-corrected chi connectivity index (χ4v) is 3.29. The van der Waals surface area contributed by atoms with Gasteiger partial charge in [-0.05, 0) is 30.5 Å². The largest absolute Gasteiger partial charge is 0.484 e. The van der Waals surface area contributed by atoms with Crippen molar-refractivity contribution in [1.82, 2.24) is 14.9 Å². The number of ether oxygens (including phenoxy) is 2. The molecule has 0 spiro atoms. The van der Waals surface area contributed by atoms with Crippen LogP contribution in [0.1, 0.15) is 30.3 Å². The summed E-state index contributed by atoms with van der Waals surface area (Å²) >= 11 is 0. The van der Waals surface area contributed by atoms with Crippen LogP contribution >= 0.6 is 0 Å². The second-order valence-electron chi connectivity index (χ2n) is 6.62. The Morgan fingerprint density at radius 1 is 1.50 bits per heavy atom. The number of nitrogens with one attached hydrogen (secondary N) is 1. The molecule has 1 amide bonds. The molecule has 2 heterocycles. The summed E-state index contributed by atoms with van der Waals surface area (Å²) in [6.07, 6.45) is 5.99. The van der Waals surface area contributed by atoms with Crippen LogP contribution in [0.25, 0.3) is 0 Å². The topological polar surface area (TPSA) is 91.4 Å². The molecular formula is C19H26N4O3. The number of carbonyl (C=O) groups is 1. The fourth-order valence-electron chi connectivity index (χ4n) is 3.29. The number of nitrogens with zero attached hydrogens (tertiary/aromatic N) is 2. The third-order valence-corrected chi connectivity index (χ3v) is 4.57. The predicted octanol–water partition coefficient (Wildman–Crippen LogP) is 1.54. The summed E-state index contributed by atoms with van der Waals surface area (Å²) in [5.41, 5.74) is 6.20. The number of rotatable bonds is 8. The maximum atomic E-state index is 10.8. The quantitative estimate of drug-likeness (QED) is 0.747. The van der Waals surface area contributed by atoms with Gasteiger partial charge in [0.05, 0.1) is 0 Å². The van der Waals surface area contributed by atoms with Crippen LogP contribution in [0.4, 0.5) is 0 Å². The van der Waals surface area contributed by atoms with Gasteiger partial charge in [0.25, 0.3) is 5.91 Å². The number of aryl methyl sites for hydroxylation is 1. The second kappa shape index (κ2) is 8.82. The standard InChI is InChI=1S/C19H26N4O3/c1-23-8-7-22-19(23)18-15(5-3-9-25-18)12-21-11-14-4-2-6-16(10-14)26-13-17(20)24/h2,4,6-8,10,15,18,21H,3,5,9,11-13H2,1H3,(H2,20,24)/t15-,18+/m0/s1. The van der Waals surface area contributed by atoms with Crippen molar-refractivity contribution < 1.29 is 14.3 Å². The van der Waals surface area contributed by atoms with E-state index in [1.807, 2.05) is 48.3 Å². The molecule has 26 heavy (non-hydrogen) atoms. The van der Waals surface area contributed by atoms with E-state index >= 15 is 0 Å². The SMILES string of the molecule is Cn1ccnc1[C@@H]1OCCC[C@H]1CNCc1cccc(OCC(N)=O)c1. The van der Waals surface area contributed by atoms with Gasteiger partial charge in [-0.3, -0.25) is 4.79 Å². The summed E-state index contributed by atoms with van der Waals surface area (Å²) in [6.45, 7) is 2.25. The van der Waals surface area contributed by atoms with Crippen LogP contribution in [-0.2, 0) is 23.1 Å². The smallest absolute Gasteiger partial charge is 0.255 e. The number of imidazole rings is 1. The molecule has 0 bridgehead atoms. The van der Waals surface area contributed by atoms with Crippen LogP contribution in [0.3, 0.4) is 0 Å². The molecule has 7 nitrogen and oxygen atoms in total. The normalized spacial score (nSPS) is 20.0. The molecule has 140 valence electrons. The molecule has 1 aromatic carbocycles. The van der Waals surface area contributed by atoms with E-state index in [2.05, 4.69) is 10.3 Å². The van der Waals surface area contributed by atoms with Crippen LogP contribution < -0.4 is 15.8 Å². The molecule has 0 saturated carbocycles. The van der Waals surface area contributed by atoms with Gasteiger partial charge in [-0.15, -0.1) is 0 Å². The molecule has 1 fully saturated rings. The summed E-state index contributed by atoms with van der Waals surface area (Å²) in [6, 6.07) is 7.67. The molecule has 3 N–H and O–H groups in total. The van der Waals surface area contributed by atoms with Gasteiger partial charge in [-0.2, -0.15) is 0 Å². The van der Waals surface area contributed by atoms with E-state index in [-0.39, 0.29) is 12.7 Å². The minimum atomic E-state index is -0.480. The highest BCUT2D eigenvalue weighted by molar-refractivity contribution is 5.75. The van der Waals surface area contributed by atoms with Crippen molar-refractivity contribution in [1.29, 1.82) is 0 Å². The van der Waals surface area contributed by atoms with E-state index in [0.29, 0.717) is 11.7 Å². The molecule has 0 unspecified atom stereocenters. The summed E-state index contributed by atoms with van der Waals surface area (Å²) in [5.74, 6) is 1.54. The van der Waals surface area contributed by atoms with Crippen LogP contribution in [0, 0.1) is 5.92 Å². The summed E-state index contributed by atoms with van der Waals surface area (Å²) < 4.78 is 13.4. The van der Waals surface area contributed by atoms with Gasteiger partial charge in [-0.1, -0.05) is 12.1 Å². The molecule has 2 aromatic rings. The molecule has 1 saturated heterocycles. The Bertz CT molecular complexity index is 731. The zero-order chi connectivity index (χ0) is 18.4. The van der Waals surface area contributed by atoms with Gasteiger partial charge < -0.3 is 25.1 Å². The molecule has 0 aliphatic carbocycles. The van der Waals surface area contributed by atoms with E-state index in [9.17, 15) is 4.79 Å².